The van der Waals surface area contributed by atoms with E-state index in [0.717, 1.165) is 5.56 Å². The van der Waals surface area contributed by atoms with Crippen LogP contribution in [0.1, 0.15) is 5.56 Å². The number of nitrogens with zero attached hydrogens (tertiary/aromatic N) is 1. The lowest BCUT2D eigenvalue weighted by molar-refractivity contribution is 0.477. The van der Waals surface area contributed by atoms with Gasteiger partial charge in [-0.15, -0.1) is 0 Å². The van der Waals surface area contributed by atoms with E-state index in [0.29, 0.717) is 11.1 Å². The minimum Gasteiger partial charge on any atom is -0.507 e. The Labute approximate surface area is 88.0 Å². The normalized spacial score (nSPS) is 9.53. The van der Waals surface area contributed by atoms with Crippen LogP contribution in [0.3, 0.4) is 0 Å². The second-order valence-corrected chi connectivity index (χ2v) is 3.17. The minimum absolute atomic E-state index is 0.195. The monoisotopic (exact) mass is 195 g/mol. The van der Waals surface area contributed by atoms with Crippen LogP contribution in [-0.2, 0) is 0 Å². The maximum atomic E-state index is 9.67. The van der Waals surface area contributed by atoms with Gasteiger partial charge in [-0.25, -0.2) is 0 Å². The van der Waals surface area contributed by atoms with Gasteiger partial charge in [-0.05, 0) is 12.1 Å². The first-order valence-electron chi connectivity index (χ1n) is 4.60. The van der Waals surface area contributed by atoms with Gasteiger partial charge >= 0.3 is 0 Å². The molecular formula is C13H9NO. The Hall–Kier alpha value is -2.27. The molecule has 0 atom stereocenters. The first-order chi connectivity index (χ1) is 7.33. The molecule has 0 spiro atoms. The summed E-state index contributed by atoms with van der Waals surface area (Å²) in [7, 11) is 0. The zero-order valence-electron chi connectivity index (χ0n) is 8.01. The highest BCUT2D eigenvalue weighted by atomic mass is 16.3. The summed E-state index contributed by atoms with van der Waals surface area (Å²) in [6, 6.07) is 16.3. The molecule has 0 amide bonds. The summed E-state index contributed by atoms with van der Waals surface area (Å²) in [5.74, 6) is 0.195. The largest absolute Gasteiger partial charge is 0.507 e. The van der Waals surface area contributed by atoms with E-state index < -0.39 is 0 Å². The van der Waals surface area contributed by atoms with Crippen LogP contribution < -0.4 is 0 Å². The average molecular weight is 195 g/mol. The molecule has 0 radical (unpaired) electrons. The van der Waals surface area contributed by atoms with Gasteiger partial charge in [-0.1, -0.05) is 36.4 Å². The highest BCUT2D eigenvalue weighted by molar-refractivity contribution is 5.75. The molecule has 2 heteroatoms. The summed E-state index contributed by atoms with van der Waals surface area (Å²) in [4.78, 5) is 0. The van der Waals surface area contributed by atoms with E-state index in [1.54, 1.807) is 24.3 Å². The van der Waals surface area contributed by atoms with Gasteiger partial charge in [0, 0.05) is 11.1 Å². The second kappa shape index (κ2) is 3.85. The van der Waals surface area contributed by atoms with Crippen LogP contribution in [0.5, 0.6) is 5.75 Å². The maximum absolute atomic E-state index is 9.67. The van der Waals surface area contributed by atoms with Gasteiger partial charge in [0.15, 0.2) is 0 Å². The van der Waals surface area contributed by atoms with Crippen molar-refractivity contribution in [2.24, 2.45) is 0 Å². The van der Waals surface area contributed by atoms with Crippen molar-refractivity contribution in [1.29, 1.82) is 5.26 Å². The molecule has 2 rings (SSSR count). The summed E-state index contributed by atoms with van der Waals surface area (Å²) in [5, 5.41) is 18.6. The Kier molecular flexibility index (Phi) is 2.38. The Morgan fingerprint density at radius 1 is 0.867 bits per heavy atom. The number of phenols is 1. The zero-order chi connectivity index (χ0) is 10.7. The molecule has 72 valence electrons. The summed E-state index contributed by atoms with van der Waals surface area (Å²) < 4.78 is 0. The highest BCUT2D eigenvalue weighted by Gasteiger charge is 2.06. The smallest absolute Gasteiger partial charge is 0.123 e. The Balaban J connectivity index is 2.65. The molecule has 1 N–H and O–H groups in total. The van der Waals surface area contributed by atoms with Crippen molar-refractivity contribution in [2.75, 3.05) is 0 Å². The quantitative estimate of drug-likeness (QED) is 0.760. The number of phenolic OH excluding ortho intramolecular Hbond substituents is 1. The third-order valence-electron chi connectivity index (χ3n) is 2.24. The van der Waals surface area contributed by atoms with Crippen LogP contribution in [0, 0.1) is 11.3 Å². The Morgan fingerprint density at radius 3 is 2.13 bits per heavy atom. The number of nitriles is 1. The number of para-hydroxylation sites is 1. The van der Waals surface area contributed by atoms with Crippen LogP contribution in [0.2, 0.25) is 0 Å². The van der Waals surface area contributed by atoms with E-state index in [4.69, 9.17) is 5.26 Å². The average Bonchev–Trinajstić information content (AvgIpc) is 2.30. The van der Waals surface area contributed by atoms with Gasteiger partial charge < -0.3 is 5.11 Å². The van der Waals surface area contributed by atoms with Gasteiger partial charge in [0.05, 0.1) is 11.6 Å². The molecule has 2 aromatic rings. The Bertz CT molecular complexity index is 526. The number of rotatable bonds is 1. The van der Waals surface area contributed by atoms with E-state index >= 15 is 0 Å². The third kappa shape index (κ3) is 1.68. The lowest BCUT2D eigenvalue weighted by Gasteiger charge is -2.05. The molecule has 0 bridgehead atoms. The van der Waals surface area contributed by atoms with Gasteiger partial charge in [-0.2, -0.15) is 5.26 Å². The second-order valence-electron chi connectivity index (χ2n) is 3.17. The molecule has 0 saturated heterocycles. The number of aromatic hydroxyl groups is 1. The van der Waals surface area contributed by atoms with Crippen molar-refractivity contribution in [1.82, 2.24) is 0 Å². The van der Waals surface area contributed by atoms with Crippen LogP contribution >= 0.6 is 0 Å². The minimum atomic E-state index is 0.195. The van der Waals surface area contributed by atoms with Crippen molar-refractivity contribution in [2.45, 2.75) is 0 Å². The highest BCUT2D eigenvalue weighted by Crippen LogP contribution is 2.30. The predicted molar refractivity (Wildman–Crippen MR) is 58.3 cm³/mol. The molecule has 2 aromatic carbocycles. The Morgan fingerprint density at radius 2 is 1.47 bits per heavy atom. The van der Waals surface area contributed by atoms with Gasteiger partial charge in [0.2, 0.25) is 0 Å². The fourth-order valence-corrected chi connectivity index (χ4v) is 1.52. The molecule has 0 heterocycles. The van der Waals surface area contributed by atoms with Crippen molar-refractivity contribution >= 4 is 0 Å². The van der Waals surface area contributed by atoms with E-state index in [1.165, 1.54) is 0 Å². The standard InChI is InChI=1S/C13H9NO/c14-9-10-5-1-2-6-11(10)12-7-3-4-8-13(12)15/h1-8,15H. The molecule has 0 unspecified atom stereocenters. The van der Waals surface area contributed by atoms with Crippen molar-refractivity contribution in [3.05, 3.63) is 54.1 Å². The van der Waals surface area contributed by atoms with E-state index in [2.05, 4.69) is 6.07 Å². The molecule has 0 aliphatic heterocycles. The molecule has 0 aromatic heterocycles. The fraction of sp³-hybridized carbons (Fsp3) is 0. The van der Waals surface area contributed by atoms with Gasteiger partial charge in [0.1, 0.15) is 5.75 Å². The summed E-state index contributed by atoms with van der Waals surface area (Å²) in [6.07, 6.45) is 0. The summed E-state index contributed by atoms with van der Waals surface area (Å²) in [5.41, 5.74) is 2.02. The first kappa shape index (κ1) is 9.29. The van der Waals surface area contributed by atoms with Crippen LogP contribution in [0.25, 0.3) is 11.1 Å². The van der Waals surface area contributed by atoms with Crippen molar-refractivity contribution in [3.63, 3.8) is 0 Å². The van der Waals surface area contributed by atoms with Crippen LogP contribution in [0.4, 0.5) is 0 Å². The molecule has 15 heavy (non-hydrogen) atoms. The number of benzene rings is 2. The van der Waals surface area contributed by atoms with Crippen LogP contribution in [0.15, 0.2) is 48.5 Å². The van der Waals surface area contributed by atoms with E-state index in [-0.39, 0.29) is 5.75 Å². The SMILES string of the molecule is N#Cc1ccccc1-c1ccccc1O. The molecule has 0 saturated carbocycles. The molecule has 0 aliphatic carbocycles. The lowest BCUT2D eigenvalue weighted by Crippen LogP contribution is -1.83. The zero-order valence-corrected chi connectivity index (χ0v) is 8.01. The maximum Gasteiger partial charge on any atom is 0.123 e. The number of hydrogen-bond acceptors (Lipinski definition) is 2. The topological polar surface area (TPSA) is 44.0 Å². The van der Waals surface area contributed by atoms with Gasteiger partial charge in [-0.3, -0.25) is 0 Å². The summed E-state index contributed by atoms with van der Waals surface area (Å²) >= 11 is 0. The van der Waals surface area contributed by atoms with E-state index in [9.17, 15) is 5.11 Å². The predicted octanol–water partition coefficient (Wildman–Crippen LogP) is 2.93. The molecule has 2 nitrogen and oxygen atoms in total. The molecule has 0 aliphatic rings. The van der Waals surface area contributed by atoms with Crippen LogP contribution in [-0.4, -0.2) is 5.11 Å². The first-order valence-corrected chi connectivity index (χ1v) is 4.60. The van der Waals surface area contributed by atoms with E-state index in [1.807, 2.05) is 24.3 Å². The summed E-state index contributed by atoms with van der Waals surface area (Å²) in [6.45, 7) is 0. The molecule has 0 fully saturated rings. The number of hydrogen-bond donors (Lipinski definition) is 1. The third-order valence-corrected chi connectivity index (χ3v) is 2.24. The van der Waals surface area contributed by atoms with Crippen molar-refractivity contribution in [3.8, 4) is 22.9 Å². The molecular weight excluding hydrogens is 186 g/mol. The van der Waals surface area contributed by atoms with Gasteiger partial charge in [0.25, 0.3) is 0 Å². The lowest BCUT2D eigenvalue weighted by atomic mass is 10.00. The fourth-order valence-electron chi connectivity index (χ4n) is 1.52. The van der Waals surface area contributed by atoms with Crippen molar-refractivity contribution < 1.29 is 5.11 Å².